The van der Waals surface area contributed by atoms with E-state index < -0.39 is 54.5 Å². The number of aliphatic carboxylic acids is 1. The summed E-state index contributed by atoms with van der Waals surface area (Å²) in [7, 11) is 0. The van der Waals surface area contributed by atoms with E-state index in [1.54, 1.807) is 0 Å². The minimum Gasteiger partial charge on any atom is -0.508 e. The number of carboxylic acids is 1. The van der Waals surface area contributed by atoms with Crippen LogP contribution in [0, 0.1) is 0 Å². The molecule has 0 saturated heterocycles. The molecule has 1 rings (SSSR count). The smallest absolute Gasteiger partial charge is 0.326 e. The third-order valence-electron chi connectivity index (χ3n) is 5.69. The third kappa shape index (κ3) is 12.9. The fourth-order valence-electron chi connectivity index (χ4n) is 3.50. The highest BCUT2D eigenvalue weighted by Gasteiger charge is 2.30. The molecule has 0 bridgehead atoms. The first kappa shape index (κ1) is 33.1. The molecule has 0 aliphatic heterocycles. The monoisotopic (exact) mass is 552 g/mol. The number of amides is 3. The van der Waals surface area contributed by atoms with E-state index in [9.17, 15) is 34.5 Å². The van der Waals surface area contributed by atoms with Crippen molar-refractivity contribution in [3.63, 3.8) is 0 Å². The van der Waals surface area contributed by atoms with Crippen LogP contribution in [-0.4, -0.2) is 88.8 Å². The quantitative estimate of drug-likeness (QED) is 0.0496. The average Bonchev–Trinajstić information content (AvgIpc) is 2.89. The van der Waals surface area contributed by atoms with E-state index in [0.717, 1.165) is 0 Å². The molecule has 39 heavy (non-hydrogen) atoms. The van der Waals surface area contributed by atoms with Crippen molar-refractivity contribution in [2.75, 3.05) is 19.7 Å². The molecule has 0 fully saturated rings. The van der Waals surface area contributed by atoms with Crippen LogP contribution in [0.15, 0.2) is 29.3 Å². The van der Waals surface area contributed by atoms with Gasteiger partial charge in [0.2, 0.25) is 17.7 Å². The van der Waals surface area contributed by atoms with Crippen LogP contribution in [0.1, 0.15) is 37.7 Å². The lowest BCUT2D eigenvalue weighted by Crippen LogP contribution is -2.58. The summed E-state index contributed by atoms with van der Waals surface area (Å²) in [5, 5.41) is 36.0. The Morgan fingerprint density at radius 2 is 1.44 bits per heavy atom. The average molecular weight is 553 g/mol. The molecule has 0 aliphatic rings. The molecule has 15 heteroatoms. The van der Waals surface area contributed by atoms with E-state index in [1.165, 1.54) is 24.3 Å². The van der Waals surface area contributed by atoms with E-state index in [4.69, 9.17) is 22.9 Å². The number of nitrogens with two attached hydrogens (primary N) is 4. The molecule has 0 radical (unpaired) electrons. The van der Waals surface area contributed by atoms with Crippen molar-refractivity contribution in [1.29, 1.82) is 0 Å². The maximum atomic E-state index is 13.0. The molecule has 1 aromatic rings. The number of aliphatic imine (C=N–C) groups is 1. The second kappa shape index (κ2) is 17.5. The van der Waals surface area contributed by atoms with Gasteiger partial charge in [0.05, 0.1) is 12.6 Å². The highest BCUT2D eigenvalue weighted by atomic mass is 16.4. The van der Waals surface area contributed by atoms with Gasteiger partial charge in [-0.05, 0) is 56.3 Å². The molecular weight excluding hydrogens is 512 g/mol. The van der Waals surface area contributed by atoms with Gasteiger partial charge in [-0.3, -0.25) is 19.4 Å². The van der Waals surface area contributed by atoms with E-state index in [1.807, 2.05) is 0 Å². The summed E-state index contributed by atoms with van der Waals surface area (Å²) in [5.41, 5.74) is 22.4. The van der Waals surface area contributed by atoms with E-state index in [-0.39, 0.29) is 37.5 Å². The molecule has 0 heterocycles. The number of hydrogen-bond acceptors (Lipinski definition) is 9. The summed E-state index contributed by atoms with van der Waals surface area (Å²) in [6.45, 7) is -0.164. The Kier molecular flexibility index (Phi) is 14.9. The van der Waals surface area contributed by atoms with Crippen molar-refractivity contribution in [2.24, 2.45) is 27.9 Å². The van der Waals surface area contributed by atoms with Gasteiger partial charge in [-0.2, -0.15) is 0 Å². The molecule has 15 nitrogen and oxygen atoms in total. The zero-order valence-electron chi connectivity index (χ0n) is 21.7. The lowest BCUT2D eigenvalue weighted by molar-refractivity contribution is -0.142. The van der Waals surface area contributed by atoms with E-state index in [0.29, 0.717) is 31.4 Å². The van der Waals surface area contributed by atoms with Crippen LogP contribution in [0.4, 0.5) is 0 Å². The predicted octanol–water partition coefficient (Wildman–Crippen LogP) is -3.02. The van der Waals surface area contributed by atoms with Gasteiger partial charge in [0.15, 0.2) is 5.96 Å². The summed E-state index contributed by atoms with van der Waals surface area (Å²) in [6.07, 6.45) is 1.68. The van der Waals surface area contributed by atoms with Crippen molar-refractivity contribution >= 4 is 29.7 Å². The number of carboxylic acid groups (broad SMARTS) is 1. The van der Waals surface area contributed by atoms with Crippen LogP contribution >= 0.6 is 0 Å². The summed E-state index contributed by atoms with van der Waals surface area (Å²) in [5.74, 6) is -3.68. The Morgan fingerprint density at radius 1 is 0.846 bits per heavy atom. The molecule has 0 unspecified atom stereocenters. The fraction of sp³-hybridized carbons (Fsp3) is 0.542. The molecule has 218 valence electrons. The Hall–Kier alpha value is -3.95. The molecule has 4 atom stereocenters. The SMILES string of the molecule is NCCCC[C@H](NC(=O)[C@H](CO)NC(=O)[C@@H](N)CCCN=C(N)N)C(=O)N[C@@H](Cc1ccc(O)cc1)C(=O)O. The molecule has 0 aromatic heterocycles. The number of nitrogens with zero attached hydrogens (tertiary/aromatic N) is 1. The number of rotatable bonds is 18. The van der Waals surface area contributed by atoms with Crippen LogP contribution in [0.3, 0.4) is 0 Å². The largest absolute Gasteiger partial charge is 0.508 e. The van der Waals surface area contributed by atoms with Gasteiger partial charge in [0.1, 0.15) is 23.9 Å². The number of phenols is 1. The number of nitrogens with one attached hydrogen (secondary N) is 3. The van der Waals surface area contributed by atoms with E-state index >= 15 is 0 Å². The molecular formula is C24H40N8O7. The number of benzene rings is 1. The van der Waals surface area contributed by atoms with Crippen LogP contribution in [0.25, 0.3) is 0 Å². The van der Waals surface area contributed by atoms with Crippen molar-refractivity contribution in [2.45, 2.75) is 62.7 Å². The van der Waals surface area contributed by atoms with Crippen LogP contribution in [0.2, 0.25) is 0 Å². The summed E-state index contributed by atoms with van der Waals surface area (Å²) in [4.78, 5) is 53.8. The standard InChI is InChI=1S/C24H40N8O7/c25-10-2-1-5-17(21(36)31-18(23(38)39)12-14-6-8-15(34)9-7-14)30-22(37)19(13-33)32-20(35)16(26)4-3-11-29-24(27)28/h6-9,16-19,33-34H,1-5,10-13,25-26H2,(H,30,37)(H,31,36)(H,32,35)(H,38,39)(H4,27,28,29)/t16-,17-,18-,19-/m0/s1. The van der Waals surface area contributed by atoms with Crippen molar-refractivity contribution in [3.8, 4) is 5.75 Å². The van der Waals surface area contributed by atoms with Crippen LogP contribution in [-0.2, 0) is 25.6 Å². The molecule has 3 amide bonds. The number of guanidine groups is 1. The third-order valence-corrected chi connectivity index (χ3v) is 5.69. The van der Waals surface area contributed by atoms with Gasteiger partial charge in [-0.25, -0.2) is 4.79 Å². The molecule has 0 saturated carbocycles. The fourth-order valence-corrected chi connectivity index (χ4v) is 3.50. The zero-order chi connectivity index (χ0) is 29.4. The first-order chi connectivity index (χ1) is 18.5. The maximum Gasteiger partial charge on any atom is 0.326 e. The molecule has 14 N–H and O–H groups in total. The molecule has 1 aromatic carbocycles. The minimum atomic E-state index is -1.40. The highest BCUT2D eigenvalue weighted by Crippen LogP contribution is 2.12. The van der Waals surface area contributed by atoms with Crippen molar-refractivity contribution < 1.29 is 34.5 Å². The predicted molar refractivity (Wildman–Crippen MR) is 143 cm³/mol. The summed E-state index contributed by atoms with van der Waals surface area (Å²) in [6, 6.07) is 0.956. The Balaban J connectivity index is 2.85. The van der Waals surface area contributed by atoms with Crippen molar-refractivity contribution in [1.82, 2.24) is 16.0 Å². The normalized spacial score (nSPS) is 13.8. The lowest BCUT2D eigenvalue weighted by atomic mass is 10.0. The van der Waals surface area contributed by atoms with Gasteiger partial charge >= 0.3 is 5.97 Å². The van der Waals surface area contributed by atoms with Gasteiger partial charge in [0, 0.05) is 13.0 Å². The number of carbonyl (C=O) groups is 4. The zero-order valence-corrected chi connectivity index (χ0v) is 21.7. The molecule has 0 spiro atoms. The van der Waals surface area contributed by atoms with Crippen molar-refractivity contribution in [3.05, 3.63) is 29.8 Å². The topological polar surface area (TPSA) is 282 Å². The minimum absolute atomic E-state index is 0.00905. The Labute approximate surface area is 226 Å². The number of aliphatic hydroxyl groups is 1. The van der Waals surface area contributed by atoms with Crippen LogP contribution < -0.4 is 38.9 Å². The van der Waals surface area contributed by atoms with Gasteiger partial charge in [-0.1, -0.05) is 12.1 Å². The van der Waals surface area contributed by atoms with Gasteiger partial charge in [0.25, 0.3) is 0 Å². The summed E-state index contributed by atoms with van der Waals surface area (Å²) < 4.78 is 0. The van der Waals surface area contributed by atoms with Gasteiger partial charge in [-0.15, -0.1) is 0 Å². The number of aliphatic hydroxyl groups excluding tert-OH is 1. The lowest BCUT2D eigenvalue weighted by Gasteiger charge is -2.24. The van der Waals surface area contributed by atoms with Crippen LogP contribution in [0.5, 0.6) is 5.75 Å². The summed E-state index contributed by atoms with van der Waals surface area (Å²) >= 11 is 0. The Morgan fingerprint density at radius 3 is 2.00 bits per heavy atom. The molecule has 0 aliphatic carbocycles. The Bertz CT molecular complexity index is 970. The number of carbonyl (C=O) groups excluding carboxylic acids is 3. The number of aromatic hydroxyl groups is 1. The number of hydrogen-bond donors (Lipinski definition) is 10. The number of unbranched alkanes of at least 4 members (excludes halogenated alkanes) is 1. The maximum absolute atomic E-state index is 13.0. The van der Waals surface area contributed by atoms with E-state index in [2.05, 4.69) is 20.9 Å². The highest BCUT2D eigenvalue weighted by molar-refractivity contribution is 5.94. The first-order valence-corrected chi connectivity index (χ1v) is 12.5. The second-order valence-corrected chi connectivity index (χ2v) is 8.91. The van der Waals surface area contributed by atoms with Gasteiger partial charge < -0.3 is 54.2 Å². The number of phenolic OH excluding ortho intramolecular Hbond substituents is 1. The first-order valence-electron chi connectivity index (χ1n) is 12.5. The second-order valence-electron chi connectivity index (χ2n) is 8.91.